The molecule has 0 spiro atoms. The van der Waals surface area contributed by atoms with Gasteiger partial charge in [-0.15, -0.1) is 0 Å². The van der Waals surface area contributed by atoms with E-state index in [2.05, 4.69) is 23.1 Å². The average molecular weight is 236 g/mol. The van der Waals surface area contributed by atoms with Crippen LogP contribution in [0.2, 0.25) is 5.15 Å². The zero-order valence-corrected chi connectivity index (χ0v) is 9.74. The lowest BCUT2D eigenvalue weighted by Crippen LogP contribution is -2.01. The van der Waals surface area contributed by atoms with Crippen molar-refractivity contribution in [2.75, 3.05) is 5.73 Å². The van der Waals surface area contributed by atoms with Crippen molar-refractivity contribution < 1.29 is 0 Å². The third-order valence-electron chi connectivity index (χ3n) is 2.09. The van der Waals surface area contributed by atoms with Gasteiger partial charge in [-0.25, -0.2) is 4.98 Å². The van der Waals surface area contributed by atoms with Crippen molar-refractivity contribution in [3.63, 3.8) is 0 Å². The zero-order valence-electron chi connectivity index (χ0n) is 8.99. The second kappa shape index (κ2) is 6.08. The van der Waals surface area contributed by atoms with Gasteiger partial charge in [0.1, 0.15) is 11.0 Å². The Morgan fingerprint density at radius 3 is 2.81 bits per heavy atom. The molecule has 0 aliphatic heterocycles. The van der Waals surface area contributed by atoms with Crippen molar-refractivity contribution in [1.29, 1.82) is 0 Å². The van der Waals surface area contributed by atoms with Gasteiger partial charge >= 0.3 is 0 Å². The minimum atomic E-state index is 0.312. The van der Waals surface area contributed by atoms with Crippen molar-refractivity contribution >= 4 is 17.4 Å². The smallest absolute Gasteiger partial charge is 0.149 e. The lowest BCUT2D eigenvalue weighted by Gasteiger charge is -2.04. The normalized spacial score (nSPS) is 11.2. The Kier molecular flexibility index (Phi) is 4.73. The highest BCUT2D eigenvalue weighted by molar-refractivity contribution is 6.29. The van der Waals surface area contributed by atoms with Crippen LogP contribution in [0.4, 0.5) is 5.82 Å². The number of nitrogens with two attached hydrogens (primary N) is 1. The molecule has 1 rings (SSSR count). The molecule has 4 heteroatoms. The van der Waals surface area contributed by atoms with E-state index >= 15 is 0 Å². The summed E-state index contributed by atoms with van der Waals surface area (Å²) in [6, 6.07) is 0. The first-order valence-corrected chi connectivity index (χ1v) is 5.26. The van der Waals surface area contributed by atoms with E-state index in [-0.39, 0.29) is 0 Å². The fourth-order valence-electron chi connectivity index (χ4n) is 1.27. The summed E-state index contributed by atoms with van der Waals surface area (Å²) in [4.78, 5) is 8.08. The Morgan fingerprint density at radius 1 is 1.50 bits per heavy atom. The predicted octanol–water partition coefficient (Wildman–Crippen LogP) is 2.94. The summed E-state index contributed by atoms with van der Waals surface area (Å²) in [7, 11) is 0. The average Bonchev–Trinajstić information content (AvgIpc) is 2.26. The van der Waals surface area contributed by atoms with Gasteiger partial charge in [0.05, 0.1) is 11.9 Å². The third kappa shape index (κ3) is 3.51. The number of halogens is 1. The second-order valence-electron chi connectivity index (χ2n) is 3.21. The van der Waals surface area contributed by atoms with Crippen molar-refractivity contribution in [1.82, 2.24) is 9.97 Å². The van der Waals surface area contributed by atoms with Gasteiger partial charge in [-0.3, -0.25) is 4.98 Å². The maximum atomic E-state index is 5.70. The minimum absolute atomic E-state index is 0.312. The molecule has 0 aliphatic rings. The Balaban J connectivity index is 2.70. The summed E-state index contributed by atoms with van der Waals surface area (Å²) < 4.78 is 0. The third-order valence-corrected chi connectivity index (χ3v) is 2.28. The quantitative estimate of drug-likeness (QED) is 0.799. The van der Waals surface area contributed by atoms with E-state index in [1.165, 1.54) is 6.20 Å². The van der Waals surface area contributed by atoms with Gasteiger partial charge in [-0.2, -0.15) is 0 Å². The molecule has 0 aromatic carbocycles. The van der Waals surface area contributed by atoms with Crippen LogP contribution in [-0.4, -0.2) is 9.97 Å². The van der Waals surface area contributed by atoms with Crippen LogP contribution in [0, 0.1) is 0 Å². The highest BCUT2D eigenvalue weighted by Gasteiger charge is 2.03. The number of aromatic nitrogens is 2. The summed E-state index contributed by atoms with van der Waals surface area (Å²) in [5.41, 5.74) is 7.54. The summed E-state index contributed by atoms with van der Waals surface area (Å²) in [6.07, 6.45) is 8.44. The highest BCUT2D eigenvalue weighted by Crippen LogP contribution is 2.14. The van der Waals surface area contributed by atoms with Gasteiger partial charge in [0.2, 0.25) is 0 Å². The fraction of sp³-hybridized carbons (Fsp3) is 0.167. The van der Waals surface area contributed by atoms with Gasteiger partial charge in [-0.1, -0.05) is 43.0 Å². The molecular weight excluding hydrogens is 222 g/mol. The fourth-order valence-corrected chi connectivity index (χ4v) is 1.41. The van der Waals surface area contributed by atoms with Crippen LogP contribution < -0.4 is 5.73 Å². The van der Waals surface area contributed by atoms with Crippen LogP contribution in [0.5, 0.6) is 0 Å². The molecule has 0 fully saturated rings. The van der Waals surface area contributed by atoms with Gasteiger partial charge in [-0.05, 0) is 18.4 Å². The molecule has 0 amide bonds. The Labute approximate surface area is 100 Å². The number of nitrogen functional groups attached to an aromatic ring is 1. The van der Waals surface area contributed by atoms with Gasteiger partial charge in [0, 0.05) is 0 Å². The van der Waals surface area contributed by atoms with E-state index in [0.717, 1.165) is 17.7 Å². The first-order chi connectivity index (χ1) is 7.67. The molecule has 1 aromatic heterocycles. The zero-order chi connectivity index (χ0) is 12.0. The first kappa shape index (κ1) is 12.5. The number of nitrogens with zero attached hydrogens (tertiary/aromatic N) is 2. The summed E-state index contributed by atoms with van der Waals surface area (Å²) in [6.45, 7) is 7.36. The number of anilines is 1. The van der Waals surface area contributed by atoms with E-state index in [9.17, 15) is 0 Å². The standard InChI is InChI=1S/C12H14ClN3/c1-3-5-9(4-2)6-7-10-12(14)16-11(13)8-15-10/h3-5,8H,1-2,6-7H2,(H2,14,16)/b9-5+. The summed E-state index contributed by atoms with van der Waals surface area (Å²) >= 11 is 5.66. The number of rotatable bonds is 5. The SMILES string of the molecule is C=C/C=C(\C=C)CCc1ncc(Cl)nc1N. The number of allylic oxidation sites excluding steroid dienone is 4. The first-order valence-electron chi connectivity index (χ1n) is 4.88. The molecule has 0 atom stereocenters. The van der Waals surface area contributed by atoms with E-state index in [0.29, 0.717) is 17.4 Å². The van der Waals surface area contributed by atoms with Crippen molar-refractivity contribution in [3.8, 4) is 0 Å². The predicted molar refractivity (Wildman–Crippen MR) is 68.3 cm³/mol. The Hall–Kier alpha value is -1.61. The number of hydrogen-bond donors (Lipinski definition) is 1. The molecule has 84 valence electrons. The number of hydrogen-bond acceptors (Lipinski definition) is 3. The highest BCUT2D eigenvalue weighted by atomic mass is 35.5. The van der Waals surface area contributed by atoms with Gasteiger partial charge in [0.15, 0.2) is 0 Å². The van der Waals surface area contributed by atoms with Crippen LogP contribution in [0.1, 0.15) is 12.1 Å². The van der Waals surface area contributed by atoms with E-state index in [1.54, 1.807) is 12.2 Å². The maximum Gasteiger partial charge on any atom is 0.149 e. The molecule has 0 unspecified atom stereocenters. The molecule has 1 aromatic rings. The van der Waals surface area contributed by atoms with Crippen molar-refractivity contribution in [2.24, 2.45) is 0 Å². The van der Waals surface area contributed by atoms with Gasteiger partial charge in [0.25, 0.3) is 0 Å². The summed E-state index contributed by atoms with van der Waals surface area (Å²) in [5.74, 6) is 0.384. The monoisotopic (exact) mass is 235 g/mol. The second-order valence-corrected chi connectivity index (χ2v) is 3.59. The van der Waals surface area contributed by atoms with Crippen LogP contribution in [0.15, 0.2) is 43.2 Å². The van der Waals surface area contributed by atoms with E-state index in [4.69, 9.17) is 17.3 Å². The largest absolute Gasteiger partial charge is 0.382 e. The molecule has 0 saturated carbocycles. The van der Waals surface area contributed by atoms with Crippen LogP contribution in [-0.2, 0) is 6.42 Å². The van der Waals surface area contributed by atoms with Gasteiger partial charge < -0.3 is 5.73 Å². The lowest BCUT2D eigenvalue weighted by molar-refractivity contribution is 0.909. The Bertz CT molecular complexity index is 424. The van der Waals surface area contributed by atoms with Crippen LogP contribution in [0.3, 0.4) is 0 Å². The van der Waals surface area contributed by atoms with E-state index < -0.39 is 0 Å². The van der Waals surface area contributed by atoms with E-state index in [1.807, 2.05) is 6.08 Å². The van der Waals surface area contributed by atoms with Crippen LogP contribution in [0.25, 0.3) is 0 Å². The lowest BCUT2D eigenvalue weighted by atomic mass is 10.1. The molecule has 0 saturated heterocycles. The summed E-state index contributed by atoms with van der Waals surface area (Å²) in [5, 5.41) is 0.312. The molecule has 3 nitrogen and oxygen atoms in total. The molecule has 2 N–H and O–H groups in total. The molecule has 0 radical (unpaired) electrons. The minimum Gasteiger partial charge on any atom is -0.382 e. The maximum absolute atomic E-state index is 5.70. The molecular formula is C12H14ClN3. The van der Waals surface area contributed by atoms with Crippen molar-refractivity contribution in [2.45, 2.75) is 12.8 Å². The number of aryl methyl sites for hydroxylation is 1. The topological polar surface area (TPSA) is 51.8 Å². The van der Waals surface area contributed by atoms with Crippen molar-refractivity contribution in [3.05, 3.63) is 54.0 Å². The molecule has 0 aliphatic carbocycles. The molecule has 0 bridgehead atoms. The Morgan fingerprint density at radius 2 is 2.25 bits per heavy atom. The van der Waals surface area contributed by atoms with Crippen LogP contribution >= 0.6 is 11.6 Å². The molecule has 16 heavy (non-hydrogen) atoms. The molecule has 1 heterocycles.